The van der Waals surface area contributed by atoms with Crippen molar-refractivity contribution in [3.63, 3.8) is 0 Å². The molecule has 138 valence electrons. The van der Waals surface area contributed by atoms with E-state index in [1.165, 1.54) is 18.4 Å². The van der Waals surface area contributed by atoms with Gasteiger partial charge >= 0.3 is 0 Å². The van der Waals surface area contributed by atoms with Crippen LogP contribution in [0.3, 0.4) is 0 Å². The zero-order chi connectivity index (χ0) is 17.7. The molecule has 0 spiro atoms. The molecule has 2 aliphatic rings. The van der Waals surface area contributed by atoms with E-state index in [2.05, 4.69) is 9.44 Å². The fourth-order valence-corrected chi connectivity index (χ4v) is 4.42. The Balaban J connectivity index is 2.13. The van der Waals surface area contributed by atoms with Gasteiger partial charge in [0.15, 0.2) is 0 Å². The number of nitrogens with one attached hydrogen (secondary N) is 2. The minimum atomic E-state index is -3.75. The summed E-state index contributed by atoms with van der Waals surface area (Å²) in [4.78, 5) is 25.9. The van der Waals surface area contributed by atoms with Crippen LogP contribution in [-0.4, -0.2) is 50.8 Å². The van der Waals surface area contributed by atoms with Crippen LogP contribution in [0.2, 0.25) is 0 Å². The molecule has 0 aromatic heterocycles. The molecule has 0 aromatic rings. The molecule has 8 nitrogen and oxygen atoms in total. The standard InChI is InChI=1S/C15H28N4O4S/c1-17-24(22,23)18-12(10-11-6-3-2-4-7-11)15(21)19-9-5-8-13(19)14(16)20/h11-13,17-18H,2-10H2,1H3,(H2,16,20)/t12-,13?/m1/s1. The molecule has 1 saturated carbocycles. The number of amides is 2. The number of carbonyl (C=O) groups excluding carboxylic acids is 2. The summed E-state index contributed by atoms with van der Waals surface area (Å²) in [5.41, 5.74) is 5.38. The van der Waals surface area contributed by atoms with E-state index in [0.29, 0.717) is 31.7 Å². The van der Waals surface area contributed by atoms with Crippen LogP contribution in [0.5, 0.6) is 0 Å². The third-order valence-corrected chi connectivity index (χ3v) is 6.15. The van der Waals surface area contributed by atoms with Gasteiger partial charge in [0.05, 0.1) is 0 Å². The quantitative estimate of drug-likeness (QED) is 0.585. The van der Waals surface area contributed by atoms with Gasteiger partial charge in [-0.15, -0.1) is 0 Å². The molecule has 1 unspecified atom stereocenters. The lowest BCUT2D eigenvalue weighted by Gasteiger charge is -2.31. The second kappa shape index (κ2) is 8.26. The highest BCUT2D eigenvalue weighted by Crippen LogP contribution is 2.29. The average molecular weight is 360 g/mol. The Hall–Kier alpha value is -1.19. The predicted octanol–water partition coefficient (Wildman–Crippen LogP) is -0.144. The number of rotatable bonds is 7. The van der Waals surface area contributed by atoms with Crippen molar-refractivity contribution in [1.82, 2.24) is 14.3 Å². The smallest absolute Gasteiger partial charge is 0.277 e. The van der Waals surface area contributed by atoms with Gasteiger partial charge in [-0.3, -0.25) is 9.59 Å². The van der Waals surface area contributed by atoms with Crippen LogP contribution in [0.4, 0.5) is 0 Å². The second-order valence-electron chi connectivity index (χ2n) is 6.71. The fourth-order valence-electron chi connectivity index (χ4n) is 3.73. The predicted molar refractivity (Wildman–Crippen MR) is 90.0 cm³/mol. The highest BCUT2D eigenvalue weighted by molar-refractivity contribution is 7.87. The highest BCUT2D eigenvalue weighted by atomic mass is 32.2. The minimum Gasteiger partial charge on any atom is -0.368 e. The maximum atomic E-state index is 12.9. The summed E-state index contributed by atoms with van der Waals surface area (Å²) >= 11 is 0. The molecule has 24 heavy (non-hydrogen) atoms. The molecular weight excluding hydrogens is 332 g/mol. The summed E-state index contributed by atoms with van der Waals surface area (Å²) in [6.07, 6.45) is 7.11. The molecule has 2 fully saturated rings. The van der Waals surface area contributed by atoms with E-state index in [9.17, 15) is 18.0 Å². The van der Waals surface area contributed by atoms with Gasteiger partial charge < -0.3 is 10.6 Å². The first-order valence-electron chi connectivity index (χ1n) is 8.64. The van der Waals surface area contributed by atoms with E-state index in [0.717, 1.165) is 25.7 Å². The summed E-state index contributed by atoms with van der Waals surface area (Å²) in [6, 6.07) is -1.49. The lowest BCUT2D eigenvalue weighted by Crippen LogP contribution is -2.54. The normalized spacial score (nSPS) is 24.0. The van der Waals surface area contributed by atoms with E-state index in [1.54, 1.807) is 0 Å². The molecule has 0 aromatic carbocycles. The Morgan fingerprint density at radius 3 is 2.42 bits per heavy atom. The van der Waals surface area contributed by atoms with Crippen LogP contribution >= 0.6 is 0 Å². The van der Waals surface area contributed by atoms with Gasteiger partial charge in [0, 0.05) is 13.6 Å². The molecule has 4 N–H and O–H groups in total. The number of likely N-dealkylation sites (tertiary alicyclic amines) is 1. The number of hydrogen-bond donors (Lipinski definition) is 3. The van der Waals surface area contributed by atoms with Crippen molar-refractivity contribution in [2.45, 2.75) is 63.5 Å². The minimum absolute atomic E-state index is 0.321. The number of hydrogen-bond acceptors (Lipinski definition) is 4. The van der Waals surface area contributed by atoms with Crippen LogP contribution in [0.1, 0.15) is 51.4 Å². The Morgan fingerprint density at radius 2 is 1.83 bits per heavy atom. The third kappa shape index (κ3) is 4.90. The zero-order valence-corrected chi connectivity index (χ0v) is 15.0. The largest absolute Gasteiger partial charge is 0.368 e. The SMILES string of the molecule is CNS(=O)(=O)N[C@H](CC1CCCCC1)C(=O)N1CCCC1C(N)=O. The first-order valence-corrected chi connectivity index (χ1v) is 10.1. The Bertz CT molecular complexity index is 560. The van der Waals surface area contributed by atoms with Gasteiger partial charge in [-0.2, -0.15) is 13.1 Å². The van der Waals surface area contributed by atoms with E-state index in [1.807, 2.05) is 0 Å². The molecule has 1 aliphatic heterocycles. The number of nitrogens with zero attached hydrogens (tertiary/aromatic N) is 1. The molecular formula is C15H28N4O4S. The van der Waals surface area contributed by atoms with E-state index < -0.39 is 28.2 Å². The van der Waals surface area contributed by atoms with E-state index >= 15 is 0 Å². The van der Waals surface area contributed by atoms with Gasteiger partial charge in [-0.25, -0.2) is 4.72 Å². The highest BCUT2D eigenvalue weighted by Gasteiger charge is 2.38. The van der Waals surface area contributed by atoms with Crippen LogP contribution in [-0.2, 0) is 19.8 Å². The van der Waals surface area contributed by atoms with Crippen molar-refractivity contribution in [1.29, 1.82) is 0 Å². The molecule has 9 heteroatoms. The van der Waals surface area contributed by atoms with Crippen LogP contribution in [0, 0.1) is 5.92 Å². The first kappa shape index (κ1) is 19.1. The second-order valence-corrected chi connectivity index (χ2v) is 8.36. The van der Waals surface area contributed by atoms with Gasteiger partial charge in [0.2, 0.25) is 11.8 Å². The molecule has 1 heterocycles. The van der Waals surface area contributed by atoms with Crippen molar-refractivity contribution in [3.05, 3.63) is 0 Å². The fraction of sp³-hybridized carbons (Fsp3) is 0.867. The lowest BCUT2D eigenvalue weighted by atomic mass is 9.84. The zero-order valence-electron chi connectivity index (χ0n) is 14.2. The van der Waals surface area contributed by atoms with Gasteiger partial charge in [-0.1, -0.05) is 32.1 Å². The monoisotopic (exact) mass is 360 g/mol. The van der Waals surface area contributed by atoms with Gasteiger partial charge in [-0.05, 0) is 25.2 Å². The third-order valence-electron chi connectivity index (χ3n) is 5.02. The number of nitrogens with two attached hydrogens (primary N) is 1. The van der Waals surface area contributed by atoms with Crippen molar-refractivity contribution in [2.24, 2.45) is 11.7 Å². The van der Waals surface area contributed by atoms with Gasteiger partial charge in [0.25, 0.3) is 10.2 Å². The molecule has 2 rings (SSSR count). The summed E-state index contributed by atoms with van der Waals surface area (Å²) in [5.74, 6) is -0.559. The molecule has 0 bridgehead atoms. The Kier molecular flexibility index (Phi) is 6.59. The van der Waals surface area contributed by atoms with Gasteiger partial charge in [0.1, 0.15) is 12.1 Å². The summed E-state index contributed by atoms with van der Waals surface area (Å²) in [6.45, 7) is 0.439. The van der Waals surface area contributed by atoms with Crippen LogP contribution < -0.4 is 15.2 Å². The lowest BCUT2D eigenvalue weighted by molar-refractivity contribution is -0.139. The van der Waals surface area contributed by atoms with Crippen molar-refractivity contribution in [3.8, 4) is 0 Å². The molecule has 1 saturated heterocycles. The maximum Gasteiger partial charge on any atom is 0.277 e. The molecule has 2 atom stereocenters. The first-order chi connectivity index (χ1) is 11.3. The summed E-state index contributed by atoms with van der Waals surface area (Å²) in [5, 5.41) is 0. The Labute approximate surface area is 143 Å². The topological polar surface area (TPSA) is 122 Å². The van der Waals surface area contributed by atoms with Crippen molar-refractivity contribution >= 4 is 22.0 Å². The van der Waals surface area contributed by atoms with E-state index in [4.69, 9.17) is 5.73 Å². The van der Waals surface area contributed by atoms with Crippen LogP contribution in [0.15, 0.2) is 0 Å². The maximum absolute atomic E-state index is 12.9. The summed E-state index contributed by atoms with van der Waals surface area (Å²) < 4.78 is 28.4. The molecule has 0 radical (unpaired) electrons. The van der Waals surface area contributed by atoms with E-state index in [-0.39, 0.29) is 5.91 Å². The summed E-state index contributed by atoms with van der Waals surface area (Å²) in [7, 11) is -2.45. The number of primary amides is 1. The van der Waals surface area contributed by atoms with Crippen molar-refractivity contribution in [2.75, 3.05) is 13.6 Å². The Morgan fingerprint density at radius 1 is 1.17 bits per heavy atom. The average Bonchev–Trinajstić information content (AvgIpc) is 3.04. The molecule has 1 aliphatic carbocycles. The number of carbonyl (C=O) groups is 2. The molecule has 2 amide bonds. The van der Waals surface area contributed by atoms with Crippen molar-refractivity contribution < 1.29 is 18.0 Å². The van der Waals surface area contributed by atoms with Crippen LogP contribution in [0.25, 0.3) is 0 Å².